The summed E-state index contributed by atoms with van der Waals surface area (Å²) in [7, 11) is 0. The van der Waals surface area contributed by atoms with E-state index < -0.39 is 5.97 Å². The number of aromatic carboxylic acids is 1. The lowest BCUT2D eigenvalue weighted by molar-refractivity contribution is 0.0697. The second-order valence-electron chi connectivity index (χ2n) is 3.46. The van der Waals surface area contributed by atoms with Crippen LogP contribution in [0.25, 0.3) is 0 Å². The predicted octanol–water partition coefficient (Wildman–Crippen LogP) is 2.78. The van der Waals surface area contributed by atoms with Crippen LogP contribution < -0.4 is 4.90 Å². The molecule has 0 saturated carbocycles. The summed E-state index contributed by atoms with van der Waals surface area (Å²) < 4.78 is 0. The van der Waals surface area contributed by atoms with E-state index in [0.29, 0.717) is 13.0 Å². The maximum atomic E-state index is 10.8. The Bertz CT molecular complexity index is 454. The highest BCUT2D eigenvalue weighted by Crippen LogP contribution is 2.23. The summed E-state index contributed by atoms with van der Waals surface area (Å²) in [5.41, 5.74) is 0.921. The molecule has 0 spiro atoms. The highest BCUT2D eigenvalue weighted by molar-refractivity contribution is 6.33. The minimum absolute atomic E-state index is 0.0896. The Morgan fingerprint density at radius 2 is 2.29 bits per heavy atom. The standard InChI is InChI=1S/C12H13ClN2O2/c1-2-15(7-3-6-14)9-4-5-10(12(16)17)11(13)8-9/h4-5,8H,2-3,7H2,1H3,(H,16,17). The summed E-state index contributed by atoms with van der Waals surface area (Å²) in [4.78, 5) is 12.8. The first-order valence-electron chi connectivity index (χ1n) is 5.25. The number of hydrogen-bond donors (Lipinski definition) is 1. The molecule has 0 unspecified atom stereocenters. The summed E-state index contributed by atoms with van der Waals surface area (Å²) in [5, 5.41) is 17.6. The quantitative estimate of drug-likeness (QED) is 0.875. The van der Waals surface area contributed by atoms with Gasteiger partial charge in [0.05, 0.1) is 23.1 Å². The molecule has 1 N–H and O–H groups in total. The molecule has 0 amide bonds. The van der Waals surface area contributed by atoms with E-state index >= 15 is 0 Å². The van der Waals surface area contributed by atoms with E-state index in [9.17, 15) is 4.79 Å². The SMILES string of the molecule is CCN(CCC#N)c1ccc(C(=O)O)c(Cl)c1. The molecule has 90 valence electrons. The van der Waals surface area contributed by atoms with Crippen LogP contribution in [0.3, 0.4) is 0 Å². The molecule has 1 aromatic rings. The Morgan fingerprint density at radius 1 is 1.59 bits per heavy atom. The number of rotatable bonds is 5. The van der Waals surface area contributed by atoms with E-state index in [2.05, 4.69) is 6.07 Å². The van der Waals surface area contributed by atoms with E-state index in [1.807, 2.05) is 11.8 Å². The van der Waals surface area contributed by atoms with Gasteiger partial charge in [-0.1, -0.05) is 11.6 Å². The van der Waals surface area contributed by atoms with Crippen LogP contribution in [0.15, 0.2) is 18.2 Å². The molecule has 4 nitrogen and oxygen atoms in total. The summed E-state index contributed by atoms with van der Waals surface area (Å²) in [6.45, 7) is 3.32. The molecule has 0 radical (unpaired) electrons. The van der Waals surface area contributed by atoms with Gasteiger partial charge in [-0.3, -0.25) is 0 Å². The molecule has 17 heavy (non-hydrogen) atoms. The minimum atomic E-state index is -1.04. The highest BCUT2D eigenvalue weighted by Gasteiger charge is 2.11. The van der Waals surface area contributed by atoms with Crippen molar-refractivity contribution in [2.24, 2.45) is 0 Å². The van der Waals surface area contributed by atoms with Crippen LogP contribution in [0.4, 0.5) is 5.69 Å². The van der Waals surface area contributed by atoms with Crippen molar-refractivity contribution in [2.45, 2.75) is 13.3 Å². The molecule has 0 aliphatic rings. The fourth-order valence-electron chi connectivity index (χ4n) is 1.53. The van der Waals surface area contributed by atoms with Gasteiger partial charge in [0.1, 0.15) is 0 Å². The predicted molar refractivity (Wildman–Crippen MR) is 66.5 cm³/mol. The van der Waals surface area contributed by atoms with E-state index in [0.717, 1.165) is 12.2 Å². The maximum Gasteiger partial charge on any atom is 0.337 e. The fourth-order valence-corrected chi connectivity index (χ4v) is 1.78. The zero-order valence-electron chi connectivity index (χ0n) is 9.48. The maximum absolute atomic E-state index is 10.8. The molecule has 0 aromatic heterocycles. The van der Waals surface area contributed by atoms with Crippen molar-refractivity contribution in [3.8, 4) is 6.07 Å². The molecule has 0 fully saturated rings. The smallest absolute Gasteiger partial charge is 0.337 e. The van der Waals surface area contributed by atoms with E-state index in [1.165, 1.54) is 6.07 Å². The number of nitrogens with zero attached hydrogens (tertiary/aromatic N) is 2. The lowest BCUT2D eigenvalue weighted by Gasteiger charge is -2.22. The molecule has 1 aromatic carbocycles. The molecule has 0 aliphatic carbocycles. The van der Waals surface area contributed by atoms with Crippen LogP contribution in [0, 0.1) is 11.3 Å². The molecule has 0 bridgehead atoms. The molecule has 1 rings (SSSR count). The molecule has 0 heterocycles. The van der Waals surface area contributed by atoms with Crippen molar-refractivity contribution >= 4 is 23.3 Å². The van der Waals surface area contributed by atoms with Crippen molar-refractivity contribution in [3.05, 3.63) is 28.8 Å². The molecule has 0 aliphatic heterocycles. The normalized spacial score (nSPS) is 9.71. The second kappa shape index (κ2) is 6.12. The first kappa shape index (κ1) is 13.3. The summed E-state index contributed by atoms with van der Waals surface area (Å²) in [6, 6.07) is 6.88. The number of anilines is 1. The summed E-state index contributed by atoms with van der Waals surface area (Å²) >= 11 is 5.89. The van der Waals surface area contributed by atoms with Gasteiger partial charge in [0.15, 0.2) is 0 Å². The number of hydrogen-bond acceptors (Lipinski definition) is 3. The largest absolute Gasteiger partial charge is 0.478 e. The number of carboxylic acids is 1. The lowest BCUT2D eigenvalue weighted by Crippen LogP contribution is -2.23. The van der Waals surface area contributed by atoms with Crippen molar-refractivity contribution in [2.75, 3.05) is 18.0 Å². The molecular formula is C12H13ClN2O2. The van der Waals surface area contributed by atoms with Gasteiger partial charge in [0.25, 0.3) is 0 Å². The summed E-state index contributed by atoms with van der Waals surface area (Å²) in [5.74, 6) is -1.04. The van der Waals surface area contributed by atoms with Gasteiger partial charge >= 0.3 is 5.97 Å². The zero-order valence-corrected chi connectivity index (χ0v) is 10.2. The van der Waals surface area contributed by atoms with Crippen LogP contribution in [-0.4, -0.2) is 24.2 Å². The second-order valence-corrected chi connectivity index (χ2v) is 3.86. The average Bonchev–Trinajstić information content (AvgIpc) is 2.29. The number of benzene rings is 1. The average molecular weight is 253 g/mol. The van der Waals surface area contributed by atoms with Crippen LogP contribution in [0.5, 0.6) is 0 Å². The Balaban J connectivity index is 2.95. The Kier molecular flexibility index (Phi) is 4.80. The van der Waals surface area contributed by atoms with Gasteiger partial charge < -0.3 is 10.0 Å². The lowest BCUT2D eigenvalue weighted by atomic mass is 10.2. The van der Waals surface area contributed by atoms with Crippen molar-refractivity contribution in [3.63, 3.8) is 0 Å². The Morgan fingerprint density at radius 3 is 2.76 bits per heavy atom. The van der Waals surface area contributed by atoms with Gasteiger partial charge in [-0.2, -0.15) is 5.26 Å². The van der Waals surface area contributed by atoms with Gasteiger partial charge in [0, 0.05) is 18.8 Å². The fraction of sp³-hybridized carbons (Fsp3) is 0.333. The highest BCUT2D eigenvalue weighted by atomic mass is 35.5. The van der Waals surface area contributed by atoms with Crippen molar-refractivity contribution < 1.29 is 9.90 Å². The first-order chi connectivity index (χ1) is 8.10. The number of nitriles is 1. The first-order valence-corrected chi connectivity index (χ1v) is 5.62. The third-order valence-electron chi connectivity index (χ3n) is 2.42. The van der Waals surface area contributed by atoms with E-state index in [4.69, 9.17) is 22.0 Å². The van der Waals surface area contributed by atoms with Crippen molar-refractivity contribution in [1.82, 2.24) is 0 Å². The van der Waals surface area contributed by atoms with Crippen LogP contribution in [0.2, 0.25) is 5.02 Å². The third-order valence-corrected chi connectivity index (χ3v) is 2.74. The molecule has 5 heteroatoms. The molecular weight excluding hydrogens is 240 g/mol. The Hall–Kier alpha value is -1.73. The van der Waals surface area contributed by atoms with Crippen LogP contribution in [0.1, 0.15) is 23.7 Å². The number of carboxylic acid groups (broad SMARTS) is 1. The van der Waals surface area contributed by atoms with Crippen LogP contribution in [-0.2, 0) is 0 Å². The third kappa shape index (κ3) is 3.36. The summed E-state index contributed by atoms with van der Waals surface area (Å²) in [6.07, 6.45) is 0.423. The van der Waals surface area contributed by atoms with Gasteiger partial charge in [-0.25, -0.2) is 4.79 Å². The van der Waals surface area contributed by atoms with Crippen molar-refractivity contribution in [1.29, 1.82) is 5.26 Å². The Labute approximate surface area is 105 Å². The minimum Gasteiger partial charge on any atom is -0.478 e. The number of carbonyl (C=O) groups is 1. The molecule has 0 atom stereocenters. The number of halogens is 1. The topological polar surface area (TPSA) is 64.3 Å². The van der Waals surface area contributed by atoms with E-state index in [1.54, 1.807) is 12.1 Å². The van der Waals surface area contributed by atoms with E-state index in [-0.39, 0.29) is 10.6 Å². The van der Waals surface area contributed by atoms with Crippen LogP contribution >= 0.6 is 11.6 Å². The van der Waals surface area contributed by atoms with Gasteiger partial charge in [-0.15, -0.1) is 0 Å². The molecule has 0 saturated heterocycles. The van der Waals surface area contributed by atoms with Gasteiger partial charge in [0.2, 0.25) is 0 Å². The monoisotopic (exact) mass is 252 g/mol. The van der Waals surface area contributed by atoms with Gasteiger partial charge in [-0.05, 0) is 25.1 Å². The zero-order chi connectivity index (χ0) is 12.8.